The number of benzene rings is 1. The largest absolute Gasteiger partial charge is 0.451 e. The lowest BCUT2D eigenvalue weighted by Gasteiger charge is -2.35. The number of thiophene rings is 1. The van der Waals surface area contributed by atoms with Crippen molar-refractivity contribution in [3.8, 4) is 0 Å². The molecule has 0 fully saturated rings. The fourth-order valence-electron chi connectivity index (χ4n) is 3.32. The van der Waals surface area contributed by atoms with Gasteiger partial charge in [-0.05, 0) is 49.9 Å². The summed E-state index contributed by atoms with van der Waals surface area (Å²) in [6, 6.07) is 11.2. The lowest BCUT2D eigenvalue weighted by Crippen LogP contribution is -2.44. The number of carbonyl (C=O) groups excluding carboxylic acids is 2. The van der Waals surface area contributed by atoms with E-state index in [1.807, 2.05) is 31.2 Å². The summed E-state index contributed by atoms with van der Waals surface area (Å²) in [5.41, 5.74) is 2.00. The number of para-hydroxylation sites is 1. The number of ether oxygens (including phenoxy) is 1. The molecule has 0 saturated heterocycles. The van der Waals surface area contributed by atoms with E-state index in [-0.39, 0.29) is 25.1 Å². The molecule has 29 heavy (non-hydrogen) atoms. The van der Waals surface area contributed by atoms with Crippen molar-refractivity contribution in [1.29, 1.82) is 0 Å². The van der Waals surface area contributed by atoms with Crippen LogP contribution < -0.4 is 9.62 Å². The predicted octanol–water partition coefficient (Wildman–Crippen LogP) is 2.36. The highest BCUT2D eigenvalue weighted by Crippen LogP contribution is 2.30. The Morgan fingerprint density at radius 1 is 1.24 bits per heavy atom. The van der Waals surface area contributed by atoms with Crippen LogP contribution >= 0.6 is 11.3 Å². The van der Waals surface area contributed by atoms with Crippen molar-refractivity contribution >= 4 is 38.9 Å². The second kappa shape index (κ2) is 9.06. The summed E-state index contributed by atoms with van der Waals surface area (Å²) in [6.07, 6.45) is 3.37. The van der Waals surface area contributed by atoms with E-state index in [2.05, 4.69) is 4.72 Å². The molecular formula is C20H24N2O5S2. The number of amides is 1. The van der Waals surface area contributed by atoms with Crippen molar-refractivity contribution in [2.75, 3.05) is 24.3 Å². The number of carbonyl (C=O) groups is 2. The van der Waals surface area contributed by atoms with Crippen LogP contribution in [0.2, 0.25) is 0 Å². The smallest absolute Gasteiger partial charge is 0.348 e. The lowest BCUT2D eigenvalue weighted by molar-refractivity contribution is -0.122. The molecule has 1 aliphatic heterocycles. The molecule has 0 radical (unpaired) electrons. The number of sulfonamides is 1. The van der Waals surface area contributed by atoms with Crippen LogP contribution in [0, 0.1) is 0 Å². The van der Waals surface area contributed by atoms with Gasteiger partial charge in [-0.2, -0.15) is 0 Å². The maximum absolute atomic E-state index is 12.7. The maximum Gasteiger partial charge on any atom is 0.348 e. The molecule has 0 spiro atoms. The van der Waals surface area contributed by atoms with Crippen molar-refractivity contribution < 1.29 is 22.7 Å². The van der Waals surface area contributed by atoms with Gasteiger partial charge < -0.3 is 9.64 Å². The molecule has 0 saturated carbocycles. The van der Waals surface area contributed by atoms with Gasteiger partial charge in [0.15, 0.2) is 6.61 Å². The van der Waals surface area contributed by atoms with Gasteiger partial charge in [-0.3, -0.25) is 4.79 Å². The fraction of sp³-hybridized carbons (Fsp3) is 0.400. The van der Waals surface area contributed by atoms with Crippen LogP contribution in [0.15, 0.2) is 36.4 Å². The zero-order valence-electron chi connectivity index (χ0n) is 16.4. The minimum absolute atomic E-state index is 0.0480. The molecule has 0 aliphatic carbocycles. The van der Waals surface area contributed by atoms with Crippen LogP contribution in [-0.2, 0) is 32.4 Å². The van der Waals surface area contributed by atoms with Crippen LogP contribution in [0.3, 0.4) is 0 Å². The van der Waals surface area contributed by atoms with Crippen molar-refractivity contribution in [3.05, 3.63) is 51.7 Å². The number of hydrogen-bond donors (Lipinski definition) is 1. The molecule has 2 aromatic rings. The Labute approximate surface area is 174 Å². The standard InChI is InChI=1S/C20H24N2O5S2/c1-14-7-8-15-5-3-4-6-17(15)22(14)19(23)13-27-20(24)18-10-9-16(28-18)11-12-21-29(2,25)26/h3-6,9-10,14,21H,7-8,11-13H2,1-2H3. The lowest BCUT2D eigenvalue weighted by atomic mass is 9.96. The number of hydrogen-bond acceptors (Lipinski definition) is 6. The molecule has 1 aromatic heterocycles. The molecule has 1 N–H and O–H groups in total. The number of anilines is 1. The highest BCUT2D eigenvalue weighted by molar-refractivity contribution is 7.88. The number of nitrogens with zero attached hydrogens (tertiary/aromatic N) is 1. The van der Waals surface area contributed by atoms with E-state index in [1.54, 1.807) is 17.0 Å². The molecule has 3 rings (SSSR count). The number of fused-ring (bicyclic) bond motifs is 1. The van der Waals surface area contributed by atoms with E-state index in [0.29, 0.717) is 11.3 Å². The van der Waals surface area contributed by atoms with E-state index < -0.39 is 16.0 Å². The van der Waals surface area contributed by atoms with Gasteiger partial charge in [-0.1, -0.05) is 18.2 Å². The molecule has 9 heteroatoms. The van der Waals surface area contributed by atoms with Crippen LogP contribution in [0.5, 0.6) is 0 Å². The van der Waals surface area contributed by atoms with Crippen LogP contribution in [-0.4, -0.2) is 45.7 Å². The van der Waals surface area contributed by atoms with E-state index in [4.69, 9.17) is 4.74 Å². The zero-order valence-corrected chi connectivity index (χ0v) is 18.0. The fourth-order valence-corrected chi connectivity index (χ4v) is 4.69. The number of rotatable bonds is 7. The molecule has 0 bridgehead atoms. The van der Waals surface area contributed by atoms with E-state index in [9.17, 15) is 18.0 Å². The van der Waals surface area contributed by atoms with E-state index in [1.165, 1.54) is 11.3 Å². The first-order valence-corrected chi connectivity index (χ1v) is 12.1. The Bertz CT molecular complexity index is 1000. The van der Waals surface area contributed by atoms with E-state index >= 15 is 0 Å². The molecule has 7 nitrogen and oxygen atoms in total. The summed E-state index contributed by atoms with van der Waals surface area (Å²) < 4.78 is 29.9. The first kappa shape index (κ1) is 21.5. The van der Waals surface area contributed by atoms with E-state index in [0.717, 1.165) is 35.2 Å². The van der Waals surface area contributed by atoms with Crippen molar-refractivity contribution in [2.24, 2.45) is 0 Å². The first-order chi connectivity index (χ1) is 13.7. The Morgan fingerprint density at radius 3 is 2.76 bits per heavy atom. The summed E-state index contributed by atoms with van der Waals surface area (Å²) in [6.45, 7) is 1.94. The Morgan fingerprint density at radius 2 is 2.00 bits per heavy atom. The average Bonchev–Trinajstić information content (AvgIpc) is 3.13. The Balaban J connectivity index is 1.56. The van der Waals surface area contributed by atoms with Gasteiger partial charge in [0.05, 0.1) is 6.26 Å². The minimum atomic E-state index is -3.24. The molecule has 1 aromatic carbocycles. The van der Waals surface area contributed by atoms with Crippen molar-refractivity contribution in [3.63, 3.8) is 0 Å². The van der Waals surface area contributed by atoms with Crippen LogP contribution in [0.1, 0.15) is 33.5 Å². The molecule has 1 amide bonds. The van der Waals surface area contributed by atoms with Crippen molar-refractivity contribution in [2.45, 2.75) is 32.2 Å². The van der Waals surface area contributed by atoms with Gasteiger partial charge in [0.25, 0.3) is 5.91 Å². The van der Waals surface area contributed by atoms with Gasteiger partial charge >= 0.3 is 5.97 Å². The van der Waals surface area contributed by atoms with Gasteiger partial charge in [0.1, 0.15) is 4.88 Å². The molecule has 2 heterocycles. The minimum Gasteiger partial charge on any atom is -0.451 e. The molecule has 1 aliphatic rings. The van der Waals surface area contributed by atoms with Crippen LogP contribution in [0.4, 0.5) is 5.69 Å². The number of nitrogens with one attached hydrogen (secondary N) is 1. The Hall–Kier alpha value is -2.23. The third kappa shape index (κ3) is 5.65. The summed E-state index contributed by atoms with van der Waals surface area (Å²) in [7, 11) is -3.24. The molecule has 1 unspecified atom stereocenters. The second-order valence-corrected chi connectivity index (χ2v) is 10.0. The molecule has 156 valence electrons. The highest BCUT2D eigenvalue weighted by Gasteiger charge is 2.28. The number of esters is 1. The summed E-state index contributed by atoms with van der Waals surface area (Å²) in [5.74, 6) is -0.796. The summed E-state index contributed by atoms with van der Waals surface area (Å²) in [5, 5.41) is 0. The number of aryl methyl sites for hydroxylation is 1. The average molecular weight is 437 g/mol. The first-order valence-electron chi connectivity index (χ1n) is 9.35. The topological polar surface area (TPSA) is 92.8 Å². The SMILES string of the molecule is CC1CCc2ccccc2N1C(=O)COC(=O)c1ccc(CCNS(C)(=O)=O)s1. The zero-order chi connectivity index (χ0) is 21.0. The van der Waals surface area contributed by atoms with Crippen LogP contribution in [0.25, 0.3) is 0 Å². The quantitative estimate of drug-likeness (QED) is 0.673. The molecular weight excluding hydrogens is 412 g/mol. The van der Waals surface area contributed by atoms with Gasteiger partial charge in [0.2, 0.25) is 10.0 Å². The second-order valence-electron chi connectivity index (χ2n) is 7.04. The van der Waals surface area contributed by atoms with Crippen molar-refractivity contribution in [1.82, 2.24) is 4.72 Å². The Kier molecular flexibility index (Phi) is 6.71. The normalized spacial score (nSPS) is 16.3. The van der Waals surface area contributed by atoms with Gasteiger partial charge in [-0.15, -0.1) is 11.3 Å². The third-order valence-corrected chi connectivity index (χ3v) is 6.57. The predicted molar refractivity (Wildman–Crippen MR) is 113 cm³/mol. The highest BCUT2D eigenvalue weighted by atomic mass is 32.2. The van der Waals surface area contributed by atoms with Gasteiger partial charge in [0, 0.05) is 23.2 Å². The van der Waals surface area contributed by atoms with Gasteiger partial charge in [-0.25, -0.2) is 17.9 Å². The third-order valence-electron chi connectivity index (χ3n) is 4.72. The maximum atomic E-state index is 12.7. The molecule has 1 atom stereocenters. The monoisotopic (exact) mass is 436 g/mol. The summed E-state index contributed by atoms with van der Waals surface area (Å²) >= 11 is 1.23. The summed E-state index contributed by atoms with van der Waals surface area (Å²) in [4.78, 5) is 28.0.